The molecule has 0 fully saturated rings. The molecule has 0 saturated heterocycles. The Bertz CT molecular complexity index is 1080. The predicted molar refractivity (Wildman–Crippen MR) is 125 cm³/mol. The van der Waals surface area contributed by atoms with Crippen LogP contribution in [-0.4, -0.2) is 21.7 Å². The number of phenols is 1. The lowest BCUT2D eigenvalue weighted by Crippen LogP contribution is -2.40. The molecule has 31 heavy (non-hydrogen) atoms. The number of hydrogen-bond acceptors (Lipinski definition) is 4. The average molecular weight is 421 g/mol. The van der Waals surface area contributed by atoms with E-state index in [0.717, 1.165) is 45.3 Å². The van der Waals surface area contributed by atoms with E-state index in [2.05, 4.69) is 43.4 Å². The summed E-state index contributed by atoms with van der Waals surface area (Å²) < 4.78 is 5.64. The normalized spacial score (nSPS) is 11.7. The van der Waals surface area contributed by atoms with Gasteiger partial charge < -0.3 is 15.2 Å². The molecule has 164 valence electrons. The lowest BCUT2D eigenvalue weighted by molar-refractivity contribution is 0.131. The second-order valence-electron chi connectivity index (χ2n) is 9.53. The van der Waals surface area contributed by atoms with E-state index in [1.54, 1.807) is 12.1 Å². The van der Waals surface area contributed by atoms with Crippen molar-refractivity contribution in [3.63, 3.8) is 0 Å². The van der Waals surface area contributed by atoms with Crippen LogP contribution in [-0.2, 0) is 17.8 Å². The summed E-state index contributed by atoms with van der Waals surface area (Å²) in [6.45, 7) is 12.2. The van der Waals surface area contributed by atoms with Crippen molar-refractivity contribution in [1.82, 2.24) is 10.3 Å². The molecule has 1 heterocycles. The number of benzene rings is 2. The Morgan fingerprint density at radius 3 is 2.42 bits per heavy atom. The maximum absolute atomic E-state index is 12.4. The molecular weight excluding hydrogens is 388 g/mol. The molecule has 0 atom stereocenters. The van der Waals surface area contributed by atoms with Gasteiger partial charge in [0.05, 0.1) is 5.52 Å². The van der Waals surface area contributed by atoms with E-state index in [9.17, 15) is 9.90 Å². The summed E-state index contributed by atoms with van der Waals surface area (Å²) in [6.07, 6.45) is 0.295. The minimum atomic E-state index is -0.464. The maximum atomic E-state index is 12.4. The van der Waals surface area contributed by atoms with Crippen LogP contribution in [0.5, 0.6) is 5.75 Å². The summed E-state index contributed by atoms with van der Waals surface area (Å²) in [4.78, 5) is 17.3. The highest BCUT2D eigenvalue weighted by molar-refractivity contribution is 5.97. The number of fused-ring (bicyclic) bond motifs is 1. The molecule has 3 rings (SSSR count). The Hall–Kier alpha value is -3.08. The van der Waals surface area contributed by atoms with Gasteiger partial charge in [0.25, 0.3) is 0 Å². The molecule has 0 radical (unpaired) electrons. The molecule has 1 aromatic heterocycles. The number of rotatable bonds is 5. The van der Waals surface area contributed by atoms with Gasteiger partial charge in [0.1, 0.15) is 12.4 Å². The van der Waals surface area contributed by atoms with Crippen molar-refractivity contribution in [3.05, 3.63) is 59.3 Å². The van der Waals surface area contributed by atoms with Crippen LogP contribution in [0.15, 0.2) is 42.5 Å². The Balaban J connectivity index is 2.18. The fraction of sp³-hybridized carbons (Fsp3) is 0.385. The van der Waals surface area contributed by atoms with Crippen LogP contribution in [0, 0.1) is 12.8 Å². The highest BCUT2D eigenvalue weighted by Crippen LogP contribution is 2.36. The average Bonchev–Trinajstić information content (AvgIpc) is 2.65. The van der Waals surface area contributed by atoms with Crippen LogP contribution in [0.4, 0.5) is 4.79 Å². The number of phenolic OH excluding ortho intramolecular Hbond substituents is 1. The number of aromatic hydroxyl groups is 1. The molecule has 0 saturated carbocycles. The molecule has 2 aromatic carbocycles. The van der Waals surface area contributed by atoms with E-state index in [1.807, 2.05) is 33.8 Å². The Morgan fingerprint density at radius 2 is 1.81 bits per heavy atom. The van der Waals surface area contributed by atoms with Gasteiger partial charge in [-0.1, -0.05) is 43.7 Å². The van der Waals surface area contributed by atoms with Crippen LogP contribution in [0.3, 0.4) is 0 Å². The molecule has 0 aliphatic heterocycles. The van der Waals surface area contributed by atoms with Gasteiger partial charge in [0, 0.05) is 22.2 Å². The standard InChI is InChI=1S/C26H32N2O3/c1-16(2)13-23-21(15-31-25(30)28-26(4,5)6)24(18-9-7-17(3)8-10-18)20-14-19(29)11-12-22(20)27-23/h7-12,14,16,29H,13,15H2,1-6H3,(H,28,30). The van der Waals surface area contributed by atoms with Crippen LogP contribution in [0.25, 0.3) is 22.0 Å². The van der Waals surface area contributed by atoms with E-state index in [0.29, 0.717) is 5.92 Å². The number of hydrogen-bond donors (Lipinski definition) is 2. The third-order valence-electron chi connectivity index (χ3n) is 4.92. The summed E-state index contributed by atoms with van der Waals surface area (Å²) in [5.74, 6) is 0.562. The summed E-state index contributed by atoms with van der Waals surface area (Å²) in [6, 6.07) is 13.5. The number of carbonyl (C=O) groups is 1. The van der Waals surface area contributed by atoms with E-state index >= 15 is 0 Å². The number of nitrogens with zero attached hydrogens (tertiary/aromatic N) is 1. The quantitative estimate of drug-likeness (QED) is 0.520. The van der Waals surface area contributed by atoms with Gasteiger partial charge in [-0.3, -0.25) is 4.98 Å². The summed E-state index contributed by atoms with van der Waals surface area (Å²) in [7, 11) is 0. The molecule has 0 spiro atoms. The third-order valence-corrected chi connectivity index (χ3v) is 4.92. The minimum absolute atomic E-state index is 0.103. The van der Waals surface area contributed by atoms with Crippen molar-refractivity contribution >= 4 is 17.0 Å². The van der Waals surface area contributed by atoms with E-state index in [4.69, 9.17) is 9.72 Å². The molecule has 3 aromatic rings. The van der Waals surface area contributed by atoms with Gasteiger partial charge in [-0.25, -0.2) is 4.79 Å². The topological polar surface area (TPSA) is 71.5 Å². The van der Waals surface area contributed by atoms with Gasteiger partial charge in [-0.05, 0) is 69.4 Å². The zero-order valence-electron chi connectivity index (χ0n) is 19.2. The van der Waals surface area contributed by atoms with Gasteiger partial charge >= 0.3 is 6.09 Å². The molecule has 2 N–H and O–H groups in total. The lowest BCUT2D eigenvalue weighted by atomic mass is 9.91. The Morgan fingerprint density at radius 1 is 1.13 bits per heavy atom. The summed E-state index contributed by atoms with van der Waals surface area (Å²) in [5, 5.41) is 13.9. The first kappa shape index (κ1) is 22.6. The molecular formula is C26H32N2O3. The fourth-order valence-electron chi connectivity index (χ4n) is 3.58. The molecule has 1 amide bonds. The fourth-order valence-corrected chi connectivity index (χ4v) is 3.58. The van der Waals surface area contributed by atoms with E-state index in [1.165, 1.54) is 0 Å². The molecule has 0 bridgehead atoms. The molecule has 0 aliphatic carbocycles. The monoisotopic (exact) mass is 420 g/mol. The van der Waals surface area contributed by atoms with Crippen molar-refractivity contribution in [2.45, 2.75) is 60.1 Å². The van der Waals surface area contributed by atoms with Gasteiger partial charge in [-0.2, -0.15) is 0 Å². The highest BCUT2D eigenvalue weighted by Gasteiger charge is 2.21. The first-order valence-corrected chi connectivity index (χ1v) is 10.7. The highest BCUT2D eigenvalue weighted by atomic mass is 16.5. The van der Waals surface area contributed by atoms with Crippen LogP contribution < -0.4 is 5.32 Å². The van der Waals surface area contributed by atoms with Crippen LogP contribution in [0.1, 0.15) is 51.4 Å². The largest absolute Gasteiger partial charge is 0.508 e. The van der Waals surface area contributed by atoms with Crippen molar-refractivity contribution in [2.24, 2.45) is 5.92 Å². The number of carbonyl (C=O) groups excluding carboxylic acids is 1. The van der Waals surface area contributed by atoms with Crippen molar-refractivity contribution in [3.8, 4) is 16.9 Å². The SMILES string of the molecule is Cc1ccc(-c2c(COC(=O)NC(C)(C)C)c(CC(C)C)nc3ccc(O)cc23)cc1. The van der Waals surface area contributed by atoms with Gasteiger partial charge in [-0.15, -0.1) is 0 Å². The molecule has 5 heteroatoms. The van der Waals surface area contributed by atoms with E-state index < -0.39 is 6.09 Å². The number of ether oxygens (including phenoxy) is 1. The van der Waals surface area contributed by atoms with Crippen molar-refractivity contribution < 1.29 is 14.6 Å². The number of nitrogens with one attached hydrogen (secondary N) is 1. The molecule has 5 nitrogen and oxygen atoms in total. The smallest absolute Gasteiger partial charge is 0.407 e. The number of amides is 1. The zero-order valence-corrected chi connectivity index (χ0v) is 19.2. The van der Waals surface area contributed by atoms with E-state index in [-0.39, 0.29) is 17.9 Å². The first-order chi connectivity index (χ1) is 14.5. The number of pyridine rings is 1. The summed E-state index contributed by atoms with van der Waals surface area (Å²) in [5.41, 5.74) is 5.32. The number of alkyl carbamates (subject to hydrolysis) is 1. The third kappa shape index (κ3) is 5.75. The van der Waals surface area contributed by atoms with Crippen LogP contribution in [0.2, 0.25) is 0 Å². The number of aryl methyl sites for hydroxylation is 1. The Labute approximate surface area is 184 Å². The zero-order chi connectivity index (χ0) is 22.8. The molecule has 0 aliphatic rings. The first-order valence-electron chi connectivity index (χ1n) is 10.7. The second-order valence-corrected chi connectivity index (χ2v) is 9.53. The second kappa shape index (κ2) is 8.96. The lowest BCUT2D eigenvalue weighted by Gasteiger charge is -2.22. The summed E-state index contributed by atoms with van der Waals surface area (Å²) >= 11 is 0. The van der Waals surface area contributed by atoms with Gasteiger partial charge in [0.15, 0.2) is 0 Å². The maximum Gasteiger partial charge on any atom is 0.407 e. The molecule has 0 unspecified atom stereocenters. The number of aromatic nitrogens is 1. The van der Waals surface area contributed by atoms with Crippen molar-refractivity contribution in [1.29, 1.82) is 0 Å². The van der Waals surface area contributed by atoms with Crippen LogP contribution >= 0.6 is 0 Å². The minimum Gasteiger partial charge on any atom is -0.508 e. The predicted octanol–water partition coefficient (Wildman–Crippen LogP) is 6.14. The van der Waals surface area contributed by atoms with Gasteiger partial charge in [0.2, 0.25) is 0 Å². The Kier molecular flexibility index (Phi) is 6.54. The van der Waals surface area contributed by atoms with Crippen molar-refractivity contribution in [2.75, 3.05) is 0 Å².